The fourth-order valence-electron chi connectivity index (χ4n) is 8.51. The van der Waals surface area contributed by atoms with Crippen molar-refractivity contribution < 1.29 is 57.2 Å². The minimum Gasteiger partial charge on any atom is -0.459 e. The lowest BCUT2D eigenvalue weighted by molar-refractivity contribution is -0.171. The van der Waals surface area contributed by atoms with Crippen molar-refractivity contribution in [1.29, 1.82) is 0 Å². The normalized spacial score (nSPS) is 34.6. The lowest BCUT2D eigenvalue weighted by atomic mass is 9.80. The Hall–Kier alpha value is -4.22. The maximum absolute atomic E-state index is 12.2. The van der Waals surface area contributed by atoms with Gasteiger partial charge in [0, 0.05) is 36.1 Å². The van der Waals surface area contributed by atoms with Gasteiger partial charge in [-0.15, -0.1) is 0 Å². The predicted molar refractivity (Wildman–Crippen MR) is 151 cm³/mol. The standard InChI is InChI=1S/C33H36O12/c34-28(7-9-30(36)44-26-13-18-11-24(26)22-5-1-3-20(18)22)40-16-42-32(38)15-33(39)43-17-41-29(35)8-10-31(37)45-27-14-19-12-25(27)23-6-2-4-21(19)23/h1-2,5-10,18-27H,3-4,11-17H2/b9-7+,10-8+. The van der Waals surface area contributed by atoms with Crippen molar-refractivity contribution >= 4 is 35.8 Å². The van der Waals surface area contributed by atoms with Gasteiger partial charge in [0.2, 0.25) is 13.6 Å². The molecule has 10 unspecified atom stereocenters. The van der Waals surface area contributed by atoms with Crippen LogP contribution in [0.2, 0.25) is 0 Å². The molecular formula is C33H36O12. The van der Waals surface area contributed by atoms with Gasteiger partial charge in [0.25, 0.3) is 0 Å². The van der Waals surface area contributed by atoms with Crippen LogP contribution in [0.4, 0.5) is 0 Å². The second-order valence-electron chi connectivity index (χ2n) is 12.6. The van der Waals surface area contributed by atoms with Crippen LogP contribution in [-0.2, 0) is 57.2 Å². The van der Waals surface area contributed by atoms with E-state index in [9.17, 15) is 28.8 Å². The monoisotopic (exact) mass is 624 g/mol. The Kier molecular flexibility index (Phi) is 9.18. The third-order valence-electron chi connectivity index (χ3n) is 10.3. The zero-order valence-electron chi connectivity index (χ0n) is 24.7. The smallest absolute Gasteiger partial charge is 0.333 e. The summed E-state index contributed by atoms with van der Waals surface area (Å²) in [4.78, 5) is 71.5. The summed E-state index contributed by atoms with van der Waals surface area (Å²) in [6.45, 7) is -1.58. The topological polar surface area (TPSA) is 158 Å². The van der Waals surface area contributed by atoms with Crippen LogP contribution in [0.5, 0.6) is 0 Å². The van der Waals surface area contributed by atoms with Gasteiger partial charge in [0.1, 0.15) is 18.6 Å². The minimum absolute atomic E-state index is 0.161. The molecule has 4 fully saturated rings. The molecule has 0 saturated heterocycles. The number of carbonyl (C=O) groups excluding carboxylic acids is 6. The molecular weight excluding hydrogens is 588 g/mol. The lowest BCUT2D eigenvalue weighted by Crippen LogP contribution is -2.31. The molecule has 4 bridgehead atoms. The Morgan fingerprint density at radius 1 is 0.533 bits per heavy atom. The van der Waals surface area contributed by atoms with Gasteiger partial charge in [-0.2, -0.15) is 0 Å². The summed E-state index contributed by atoms with van der Waals surface area (Å²) in [5.74, 6) is -1.24. The third-order valence-corrected chi connectivity index (χ3v) is 10.3. The van der Waals surface area contributed by atoms with Crippen LogP contribution in [-0.4, -0.2) is 61.6 Å². The average molecular weight is 625 g/mol. The number of hydrogen-bond acceptors (Lipinski definition) is 12. The van der Waals surface area contributed by atoms with Crippen LogP contribution in [0.3, 0.4) is 0 Å². The molecule has 6 rings (SSSR count). The Labute approximate surface area is 259 Å². The van der Waals surface area contributed by atoms with Gasteiger partial charge in [0.05, 0.1) is 0 Å². The molecule has 0 aliphatic heterocycles. The van der Waals surface area contributed by atoms with Crippen molar-refractivity contribution in [3.8, 4) is 0 Å². The first-order valence-corrected chi connectivity index (χ1v) is 15.5. The first-order chi connectivity index (χ1) is 21.7. The van der Waals surface area contributed by atoms with Crippen molar-refractivity contribution in [1.82, 2.24) is 0 Å². The summed E-state index contributed by atoms with van der Waals surface area (Å²) >= 11 is 0. The zero-order chi connectivity index (χ0) is 31.5. The highest BCUT2D eigenvalue weighted by atomic mass is 16.7. The fourth-order valence-corrected chi connectivity index (χ4v) is 8.51. The molecule has 240 valence electrons. The largest absolute Gasteiger partial charge is 0.459 e. The van der Waals surface area contributed by atoms with E-state index in [0.717, 1.165) is 62.8 Å². The third kappa shape index (κ3) is 7.04. The van der Waals surface area contributed by atoms with Crippen LogP contribution in [0, 0.1) is 47.3 Å². The molecule has 0 radical (unpaired) electrons. The van der Waals surface area contributed by atoms with Crippen molar-refractivity contribution in [3.05, 3.63) is 48.6 Å². The van der Waals surface area contributed by atoms with Gasteiger partial charge in [-0.1, -0.05) is 24.3 Å². The lowest BCUT2D eigenvalue weighted by Gasteiger charge is -2.30. The molecule has 0 heterocycles. The molecule has 12 nitrogen and oxygen atoms in total. The zero-order valence-corrected chi connectivity index (χ0v) is 24.7. The van der Waals surface area contributed by atoms with Gasteiger partial charge in [-0.3, -0.25) is 9.59 Å². The molecule has 0 aromatic heterocycles. The summed E-state index contributed by atoms with van der Waals surface area (Å²) in [6.07, 6.45) is 17.4. The van der Waals surface area contributed by atoms with Crippen molar-refractivity contribution in [2.24, 2.45) is 47.3 Å². The van der Waals surface area contributed by atoms with Crippen LogP contribution in [0.1, 0.15) is 44.9 Å². The number of esters is 6. The van der Waals surface area contributed by atoms with Crippen molar-refractivity contribution in [3.63, 3.8) is 0 Å². The molecule has 0 N–H and O–H groups in total. The van der Waals surface area contributed by atoms with Gasteiger partial charge in [-0.05, 0) is 74.0 Å². The molecule has 6 aliphatic carbocycles. The number of rotatable bonds is 12. The maximum Gasteiger partial charge on any atom is 0.333 e. The molecule has 6 aliphatic rings. The number of ether oxygens (including phenoxy) is 6. The number of allylic oxidation sites excluding steroid dienone is 4. The van der Waals surface area contributed by atoms with E-state index in [4.69, 9.17) is 18.9 Å². The molecule has 12 heteroatoms. The first kappa shape index (κ1) is 30.8. The molecule has 0 amide bonds. The summed E-state index contributed by atoms with van der Waals surface area (Å²) in [5.41, 5.74) is 0. The highest BCUT2D eigenvalue weighted by molar-refractivity contribution is 5.93. The van der Waals surface area contributed by atoms with Crippen LogP contribution < -0.4 is 0 Å². The molecule has 0 aromatic carbocycles. The predicted octanol–water partition coefficient (Wildman–Crippen LogP) is 2.86. The van der Waals surface area contributed by atoms with Crippen LogP contribution in [0.25, 0.3) is 0 Å². The summed E-state index contributed by atoms with van der Waals surface area (Å²) in [7, 11) is 0. The Morgan fingerprint density at radius 2 is 0.956 bits per heavy atom. The first-order valence-electron chi connectivity index (χ1n) is 15.5. The fraction of sp³-hybridized carbons (Fsp3) is 0.576. The SMILES string of the molecule is O=C(/C=C/C(=O)OC1CC2CC1C1C=CCC21)OCOC(=O)CC(=O)OCOC(=O)/C=C/C(=O)OC1CC2CC1C1C=CCC21. The van der Waals surface area contributed by atoms with Gasteiger partial charge < -0.3 is 28.4 Å². The average Bonchev–Trinajstić information content (AvgIpc) is 3.83. The van der Waals surface area contributed by atoms with Gasteiger partial charge in [-0.25, -0.2) is 19.2 Å². The van der Waals surface area contributed by atoms with Crippen LogP contribution in [0.15, 0.2) is 48.6 Å². The van der Waals surface area contributed by atoms with E-state index >= 15 is 0 Å². The highest BCUT2D eigenvalue weighted by Crippen LogP contribution is 2.58. The summed E-state index contributed by atoms with van der Waals surface area (Å²) < 4.78 is 29.8. The van der Waals surface area contributed by atoms with E-state index in [1.165, 1.54) is 0 Å². The Bertz CT molecular complexity index is 1240. The second-order valence-corrected chi connectivity index (χ2v) is 12.6. The number of hydrogen-bond donors (Lipinski definition) is 0. The van der Waals surface area contributed by atoms with Gasteiger partial charge >= 0.3 is 35.8 Å². The quantitative estimate of drug-likeness (QED) is 0.0782. The van der Waals surface area contributed by atoms with Crippen molar-refractivity contribution in [2.75, 3.05) is 13.6 Å². The summed E-state index contributed by atoms with van der Waals surface area (Å²) in [6, 6.07) is 0. The number of carbonyl (C=O) groups is 6. The Balaban J connectivity index is 0.792. The molecule has 45 heavy (non-hydrogen) atoms. The van der Waals surface area contributed by atoms with E-state index in [-0.39, 0.29) is 12.2 Å². The number of fused-ring (bicyclic) bond motifs is 10. The Morgan fingerprint density at radius 3 is 1.40 bits per heavy atom. The molecule has 0 spiro atoms. The molecule has 4 saturated carbocycles. The molecule has 10 atom stereocenters. The van der Waals surface area contributed by atoms with E-state index in [2.05, 4.69) is 33.8 Å². The minimum atomic E-state index is -1.05. The second kappa shape index (κ2) is 13.4. The van der Waals surface area contributed by atoms with E-state index in [0.29, 0.717) is 47.3 Å². The molecule has 0 aromatic rings. The van der Waals surface area contributed by atoms with Gasteiger partial charge in [0.15, 0.2) is 0 Å². The van der Waals surface area contributed by atoms with E-state index < -0.39 is 55.8 Å². The van der Waals surface area contributed by atoms with E-state index in [1.807, 2.05) is 0 Å². The van der Waals surface area contributed by atoms with Crippen LogP contribution >= 0.6 is 0 Å². The highest BCUT2D eigenvalue weighted by Gasteiger charge is 2.54. The summed E-state index contributed by atoms with van der Waals surface area (Å²) in [5, 5.41) is 0. The maximum atomic E-state index is 12.2. The van der Waals surface area contributed by atoms with E-state index in [1.54, 1.807) is 0 Å². The van der Waals surface area contributed by atoms with Crippen molar-refractivity contribution in [2.45, 2.75) is 57.2 Å².